The van der Waals surface area contributed by atoms with Crippen molar-refractivity contribution in [3.63, 3.8) is 0 Å². The molecule has 0 aromatic heterocycles. The van der Waals surface area contributed by atoms with Crippen molar-refractivity contribution in [1.29, 1.82) is 0 Å². The third-order valence-corrected chi connectivity index (χ3v) is 8.43. The van der Waals surface area contributed by atoms with E-state index in [2.05, 4.69) is 8.37 Å². The Kier molecular flexibility index (Phi) is 13.1. The normalized spacial score (nSPS) is 16.5. The largest absolute Gasteiger partial charge is 0.460 e. The van der Waals surface area contributed by atoms with E-state index in [9.17, 15) is 131 Å². The molecule has 0 saturated carbocycles. The van der Waals surface area contributed by atoms with Crippen molar-refractivity contribution in [3.8, 4) is 0 Å². The standard InChI is InChI=1S/C18H12F26O6S2/c1-6(49-51(45,46)4-2-7(19,20)9(23,24)11(27,28)13(31,32)15(35,36)17(39,40)41)50-52(47,48)5-3-8(21,22)10(25,26)12(29,30)14(33,34)16(37,38)18(42,43)44/h6H,2-5H2,1H3. The van der Waals surface area contributed by atoms with Crippen molar-refractivity contribution in [2.75, 3.05) is 11.5 Å². The Bertz CT molecular complexity index is 1370. The first-order valence-corrected chi connectivity index (χ1v) is 14.9. The van der Waals surface area contributed by atoms with Crippen LogP contribution in [0, 0.1) is 0 Å². The van der Waals surface area contributed by atoms with Crippen LogP contribution in [-0.2, 0) is 28.6 Å². The van der Waals surface area contributed by atoms with Gasteiger partial charge in [-0.1, -0.05) is 0 Å². The van der Waals surface area contributed by atoms with E-state index in [1.807, 2.05) is 0 Å². The summed E-state index contributed by atoms with van der Waals surface area (Å²) < 4.78 is 394. The third-order valence-electron chi connectivity index (χ3n) is 5.89. The fourth-order valence-corrected chi connectivity index (χ4v) is 5.11. The average Bonchev–Trinajstić information content (AvgIpc) is 2.88. The van der Waals surface area contributed by atoms with Crippen LogP contribution in [0.5, 0.6) is 0 Å². The van der Waals surface area contributed by atoms with Crippen molar-refractivity contribution in [3.05, 3.63) is 0 Å². The third kappa shape index (κ3) is 8.45. The molecule has 0 aromatic rings. The maximum absolute atomic E-state index is 13.8. The van der Waals surface area contributed by atoms with E-state index in [-0.39, 0.29) is 6.92 Å². The van der Waals surface area contributed by atoms with Gasteiger partial charge in [-0.05, 0) is 6.92 Å². The summed E-state index contributed by atoms with van der Waals surface area (Å²) in [5.74, 6) is -86.0. The van der Waals surface area contributed by atoms with Crippen molar-refractivity contribution >= 4 is 20.2 Å². The van der Waals surface area contributed by atoms with Crippen LogP contribution in [-0.4, -0.2) is 106 Å². The van der Waals surface area contributed by atoms with Crippen LogP contribution < -0.4 is 0 Å². The van der Waals surface area contributed by atoms with Crippen LogP contribution in [0.25, 0.3) is 0 Å². The van der Waals surface area contributed by atoms with Gasteiger partial charge in [-0.3, -0.25) is 0 Å². The number of hydrogen-bond acceptors (Lipinski definition) is 6. The van der Waals surface area contributed by atoms with Crippen LogP contribution in [0.3, 0.4) is 0 Å². The minimum Gasteiger partial charge on any atom is -0.237 e. The second kappa shape index (κ2) is 13.6. The van der Waals surface area contributed by atoms with E-state index in [1.165, 1.54) is 0 Å². The Hall–Kier alpha value is -2.00. The molecule has 6 nitrogen and oxygen atoms in total. The molecule has 0 bridgehead atoms. The van der Waals surface area contributed by atoms with Crippen LogP contribution >= 0.6 is 0 Å². The maximum atomic E-state index is 13.8. The van der Waals surface area contributed by atoms with Gasteiger partial charge in [-0.2, -0.15) is 131 Å². The highest BCUT2D eigenvalue weighted by molar-refractivity contribution is 7.87. The summed E-state index contributed by atoms with van der Waals surface area (Å²) in [4.78, 5) is 0. The molecule has 0 aliphatic rings. The molecule has 0 rings (SSSR count). The highest BCUT2D eigenvalue weighted by Crippen LogP contribution is 2.62. The molecule has 0 atom stereocenters. The molecule has 0 heterocycles. The Morgan fingerprint density at radius 1 is 0.365 bits per heavy atom. The SMILES string of the molecule is CC(OS(=O)(=O)CCC(F)(F)C(F)(F)C(F)(F)C(F)(F)C(F)(F)C(F)(F)F)OS(=O)(=O)CCC(F)(F)C(F)(F)C(F)(F)C(F)(F)C(F)(F)C(F)(F)F. The van der Waals surface area contributed by atoms with Crippen LogP contribution in [0.4, 0.5) is 114 Å². The molecule has 0 aromatic carbocycles. The second-order valence-corrected chi connectivity index (χ2v) is 13.2. The monoisotopic (exact) mass is 882 g/mol. The topological polar surface area (TPSA) is 86.7 Å². The Labute approximate surface area is 269 Å². The molecule has 0 amide bonds. The van der Waals surface area contributed by atoms with E-state index in [1.54, 1.807) is 0 Å². The van der Waals surface area contributed by atoms with E-state index in [0.29, 0.717) is 0 Å². The van der Waals surface area contributed by atoms with Crippen molar-refractivity contribution < 1.29 is 139 Å². The summed E-state index contributed by atoms with van der Waals surface area (Å²) in [6.07, 6.45) is -25.9. The first-order valence-electron chi connectivity index (χ1n) is 11.7. The highest BCUT2D eigenvalue weighted by Gasteiger charge is 2.92. The Morgan fingerprint density at radius 3 is 0.750 bits per heavy atom. The lowest BCUT2D eigenvalue weighted by Gasteiger charge is -2.39. The summed E-state index contributed by atoms with van der Waals surface area (Å²) in [5.41, 5.74) is 0. The van der Waals surface area contributed by atoms with Crippen LogP contribution in [0.15, 0.2) is 0 Å². The number of rotatable bonds is 18. The van der Waals surface area contributed by atoms with Gasteiger partial charge in [0.1, 0.15) is 0 Å². The molecule has 0 radical (unpaired) electrons. The first-order chi connectivity index (χ1) is 22.0. The Balaban J connectivity index is 5.98. The molecular formula is C18H12F26O6S2. The van der Waals surface area contributed by atoms with Crippen molar-refractivity contribution in [2.24, 2.45) is 0 Å². The predicted molar refractivity (Wildman–Crippen MR) is 110 cm³/mol. The predicted octanol–water partition coefficient (Wildman–Crippen LogP) is 8.28. The molecule has 0 spiro atoms. The Morgan fingerprint density at radius 2 is 0.558 bits per heavy atom. The van der Waals surface area contributed by atoms with Gasteiger partial charge in [0, 0.05) is 12.8 Å². The van der Waals surface area contributed by atoms with Crippen molar-refractivity contribution in [1.82, 2.24) is 0 Å². The number of halogens is 26. The highest BCUT2D eigenvalue weighted by atomic mass is 32.2. The molecule has 0 aliphatic heterocycles. The lowest BCUT2D eigenvalue weighted by Crippen LogP contribution is -2.70. The van der Waals surface area contributed by atoms with Gasteiger partial charge >= 0.3 is 71.6 Å². The first kappa shape index (κ1) is 50.0. The van der Waals surface area contributed by atoms with Gasteiger partial charge in [0.05, 0.1) is 11.5 Å². The molecule has 0 aliphatic carbocycles. The van der Waals surface area contributed by atoms with Gasteiger partial charge < -0.3 is 0 Å². The van der Waals surface area contributed by atoms with E-state index in [0.717, 1.165) is 0 Å². The summed E-state index contributed by atoms with van der Waals surface area (Å²) >= 11 is 0. The van der Waals surface area contributed by atoms with E-state index < -0.39 is 122 Å². The molecule has 52 heavy (non-hydrogen) atoms. The van der Waals surface area contributed by atoms with Crippen LogP contribution in [0.2, 0.25) is 0 Å². The molecule has 0 unspecified atom stereocenters. The quantitative estimate of drug-likeness (QED) is 0.0783. The molecule has 0 saturated heterocycles. The molecule has 0 N–H and O–H groups in total. The van der Waals surface area contributed by atoms with Crippen LogP contribution in [0.1, 0.15) is 19.8 Å². The van der Waals surface area contributed by atoms with Gasteiger partial charge in [-0.25, -0.2) is 8.37 Å². The molecule has 34 heteroatoms. The second-order valence-electron chi connectivity index (χ2n) is 9.78. The fraction of sp³-hybridized carbons (Fsp3) is 1.00. The average molecular weight is 882 g/mol. The zero-order valence-corrected chi connectivity index (χ0v) is 25.1. The van der Waals surface area contributed by atoms with Gasteiger partial charge in [0.25, 0.3) is 20.2 Å². The van der Waals surface area contributed by atoms with E-state index >= 15 is 0 Å². The van der Waals surface area contributed by atoms with Gasteiger partial charge in [0.2, 0.25) is 0 Å². The van der Waals surface area contributed by atoms with Crippen molar-refractivity contribution in [2.45, 2.75) is 97.6 Å². The lowest BCUT2D eigenvalue weighted by atomic mass is 9.93. The summed E-state index contributed by atoms with van der Waals surface area (Å²) in [5, 5.41) is 0. The van der Waals surface area contributed by atoms with Gasteiger partial charge in [0.15, 0.2) is 6.29 Å². The van der Waals surface area contributed by atoms with Gasteiger partial charge in [-0.15, -0.1) is 0 Å². The summed E-state index contributed by atoms with van der Waals surface area (Å²) in [7, 11) is -12.6. The smallest absolute Gasteiger partial charge is 0.237 e. The summed E-state index contributed by atoms with van der Waals surface area (Å²) in [6.45, 7) is -0.142. The van der Waals surface area contributed by atoms with E-state index in [4.69, 9.17) is 0 Å². The maximum Gasteiger partial charge on any atom is 0.460 e. The molecular weight excluding hydrogens is 870 g/mol. The lowest BCUT2D eigenvalue weighted by molar-refractivity contribution is -0.439. The zero-order chi connectivity index (χ0) is 42.8. The minimum absolute atomic E-state index is 0.142. The number of alkyl halides is 26. The fourth-order valence-electron chi connectivity index (χ4n) is 2.95. The zero-order valence-electron chi connectivity index (χ0n) is 23.5. The number of hydrogen-bond donors (Lipinski definition) is 0. The molecule has 314 valence electrons. The minimum atomic E-state index is -8.40. The summed E-state index contributed by atoms with van der Waals surface area (Å²) in [6, 6.07) is 0. The molecule has 0 fully saturated rings.